The molecule has 2 heteroatoms. The average molecular weight is 262 g/mol. The Morgan fingerprint density at radius 3 is 2.71 bits per heavy atom. The quantitative estimate of drug-likeness (QED) is 0.519. The molecule has 1 aliphatic heterocycles. The molecular weight excluding hydrogens is 238 g/mol. The molecule has 0 radical (unpaired) electrons. The molecule has 0 saturated carbocycles. The van der Waals surface area contributed by atoms with Crippen molar-refractivity contribution in [1.82, 2.24) is 4.90 Å². The zero-order valence-electron chi connectivity index (χ0n) is 9.47. The summed E-state index contributed by atoms with van der Waals surface area (Å²) < 4.78 is 0. The Hall–Kier alpha value is 0.440. The second-order valence-electron chi connectivity index (χ2n) is 4.45. The third-order valence-electron chi connectivity index (χ3n) is 3.03. The van der Waals surface area contributed by atoms with Crippen LogP contribution in [0, 0.1) is 0 Å². The molecule has 0 aromatic carbocycles. The Balaban J connectivity index is 1.95. The summed E-state index contributed by atoms with van der Waals surface area (Å²) in [4.78, 5) is 3.38. The van der Waals surface area contributed by atoms with E-state index in [0.717, 1.165) is 4.83 Å². The van der Waals surface area contributed by atoms with E-state index in [2.05, 4.69) is 27.8 Å². The van der Waals surface area contributed by atoms with E-state index in [0.29, 0.717) is 0 Å². The van der Waals surface area contributed by atoms with Crippen LogP contribution < -0.4 is 0 Å². The first-order valence-corrected chi connectivity index (χ1v) is 7.11. The van der Waals surface area contributed by atoms with Gasteiger partial charge in [-0.3, -0.25) is 0 Å². The number of rotatable bonds is 6. The van der Waals surface area contributed by atoms with Gasteiger partial charge in [-0.05, 0) is 32.4 Å². The van der Waals surface area contributed by atoms with Crippen molar-refractivity contribution in [2.75, 3.05) is 19.6 Å². The molecule has 0 spiro atoms. The van der Waals surface area contributed by atoms with E-state index in [1.165, 1.54) is 64.6 Å². The van der Waals surface area contributed by atoms with E-state index in [9.17, 15) is 0 Å². The van der Waals surface area contributed by atoms with Gasteiger partial charge in [0.2, 0.25) is 0 Å². The predicted molar refractivity (Wildman–Crippen MR) is 67.1 cm³/mol. The van der Waals surface area contributed by atoms with E-state index in [1.54, 1.807) is 0 Å². The standard InChI is InChI=1S/C12H24BrN/c1-2-3-4-5-6-9-14-10-7-8-12(13)11-14/h12H,2-11H2,1H3. The first kappa shape index (κ1) is 12.5. The molecule has 0 aromatic heterocycles. The number of hydrogen-bond acceptors (Lipinski definition) is 1. The van der Waals surface area contributed by atoms with Crippen molar-refractivity contribution < 1.29 is 0 Å². The number of alkyl halides is 1. The van der Waals surface area contributed by atoms with E-state index in [-0.39, 0.29) is 0 Å². The van der Waals surface area contributed by atoms with Gasteiger partial charge in [0.25, 0.3) is 0 Å². The van der Waals surface area contributed by atoms with Gasteiger partial charge in [-0.15, -0.1) is 0 Å². The minimum absolute atomic E-state index is 0.756. The highest BCUT2D eigenvalue weighted by Crippen LogP contribution is 2.17. The molecule has 0 aliphatic carbocycles. The molecule has 1 heterocycles. The lowest BCUT2D eigenvalue weighted by molar-refractivity contribution is 0.231. The van der Waals surface area contributed by atoms with Gasteiger partial charge in [-0.25, -0.2) is 0 Å². The van der Waals surface area contributed by atoms with Gasteiger partial charge in [0.05, 0.1) is 0 Å². The summed E-state index contributed by atoms with van der Waals surface area (Å²) in [5.74, 6) is 0. The van der Waals surface area contributed by atoms with E-state index >= 15 is 0 Å². The predicted octanol–water partition coefficient (Wildman–Crippen LogP) is 3.82. The number of hydrogen-bond donors (Lipinski definition) is 0. The van der Waals surface area contributed by atoms with Crippen LogP contribution in [0.15, 0.2) is 0 Å². The van der Waals surface area contributed by atoms with Crippen LogP contribution in [0.3, 0.4) is 0 Å². The molecule has 1 rings (SSSR count). The van der Waals surface area contributed by atoms with E-state index in [1.807, 2.05) is 0 Å². The summed E-state index contributed by atoms with van der Waals surface area (Å²) in [6.45, 7) is 6.20. The topological polar surface area (TPSA) is 3.24 Å². The van der Waals surface area contributed by atoms with Crippen LogP contribution in [0.4, 0.5) is 0 Å². The van der Waals surface area contributed by atoms with Gasteiger partial charge < -0.3 is 4.90 Å². The zero-order valence-corrected chi connectivity index (χ0v) is 11.1. The molecule has 0 aromatic rings. The molecule has 1 atom stereocenters. The largest absolute Gasteiger partial charge is 0.302 e. The van der Waals surface area contributed by atoms with Crippen molar-refractivity contribution in [2.24, 2.45) is 0 Å². The van der Waals surface area contributed by atoms with E-state index in [4.69, 9.17) is 0 Å². The Morgan fingerprint density at radius 2 is 2.00 bits per heavy atom. The highest BCUT2D eigenvalue weighted by atomic mass is 79.9. The van der Waals surface area contributed by atoms with E-state index < -0.39 is 0 Å². The summed E-state index contributed by atoms with van der Waals surface area (Å²) in [6, 6.07) is 0. The minimum Gasteiger partial charge on any atom is -0.302 e. The van der Waals surface area contributed by atoms with Crippen LogP contribution in [-0.4, -0.2) is 29.4 Å². The van der Waals surface area contributed by atoms with Gasteiger partial charge in [-0.2, -0.15) is 0 Å². The number of unbranched alkanes of at least 4 members (excludes halogenated alkanes) is 4. The summed E-state index contributed by atoms with van der Waals surface area (Å²) in [6.07, 6.45) is 9.78. The Morgan fingerprint density at radius 1 is 1.21 bits per heavy atom. The van der Waals surface area contributed by atoms with Crippen molar-refractivity contribution in [2.45, 2.75) is 56.7 Å². The zero-order chi connectivity index (χ0) is 10.2. The first-order chi connectivity index (χ1) is 6.83. The maximum absolute atomic E-state index is 3.72. The first-order valence-electron chi connectivity index (χ1n) is 6.19. The lowest BCUT2D eigenvalue weighted by atomic mass is 10.1. The summed E-state index contributed by atoms with van der Waals surface area (Å²) in [5, 5.41) is 0. The fraction of sp³-hybridized carbons (Fsp3) is 1.00. The molecule has 1 fully saturated rings. The normalized spacial score (nSPS) is 24.0. The monoisotopic (exact) mass is 261 g/mol. The van der Waals surface area contributed by atoms with Crippen molar-refractivity contribution in [3.05, 3.63) is 0 Å². The minimum atomic E-state index is 0.756. The Bertz CT molecular complexity index is 138. The maximum Gasteiger partial charge on any atom is 0.0273 e. The van der Waals surface area contributed by atoms with Crippen molar-refractivity contribution in [3.8, 4) is 0 Å². The highest BCUT2D eigenvalue weighted by molar-refractivity contribution is 9.09. The summed E-state index contributed by atoms with van der Waals surface area (Å²) in [7, 11) is 0. The Kier molecular flexibility index (Phi) is 6.88. The highest BCUT2D eigenvalue weighted by Gasteiger charge is 2.16. The number of nitrogens with zero attached hydrogens (tertiary/aromatic N) is 1. The maximum atomic E-state index is 3.72. The second-order valence-corrected chi connectivity index (χ2v) is 5.75. The van der Waals surface area contributed by atoms with Crippen LogP contribution in [0.1, 0.15) is 51.9 Å². The fourth-order valence-electron chi connectivity index (χ4n) is 2.14. The molecule has 1 unspecified atom stereocenters. The molecule has 84 valence electrons. The molecule has 1 nitrogen and oxygen atoms in total. The smallest absolute Gasteiger partial charge is 0.0273 e. The van der Waals surface area contributed by atoms with Gasteiger partial charge in [0.15, 0.2) is 0 Å². The summed E-state index contributed by atoms with van der Waals surface area (Å²) >= 11 is 3.72. The fourth-order valence-corrected chi connectivity index (χ4v) is 2.87. The third-order valence-corrected chi connectivity index (χ3v) is 3.77. The van der Waals surface area contributed by atoms with Crippen LogP contribution in [0.2, 0.25) is 0 Å². The molecule has 1 saturated heterocycles. The van der Waals surface area contributed by atoms with Gasteiger partial charge >= 0.3 is 0 Å². The molecule has 14 heavy (non-hydrogen) atoms. The van der Waals surface area contributed by atoms with Crippen LogP contribution in [0.5, 0.6) is 0 Å². The average Bonchev–Trinajstić information content (AvgIpc) is 2.18. The molecule has 1 aliphatic rings. The van der Waals surface area contributed by atoms with Crippen LogP contribution in [0.25, 0.3) is 0 Å². The molecule has 0 bridgehead atoms. The van der Waals surface area contributed by atoms with Crippen molar-refractivity contribution in [1.29, 1.82) is 0 Å². The second kappa shape index (κ2) is 7.70. The van der Waals surface area contributed by atoms with Gasteiger partial charge in [0.1, 0.15) is 0 Å². The summed E-state index contributed by atoms with van der Waals surface area (Å²) in [5.41, 5.74) is 0. The lowest BCUT2D eigenvalue weighted by Crippen LogP contribution is -2.36. The number of halogens is 1. The molecule has 0 N–H and O–H groups in total. The van der Waals surface area contributed by atoms with Crippen LogP contribution >= 0.6 is 15.9 Å². The van der Waals surface area contributed by atoms with Crippen molar-refractivity contribution in [3.63, 3.8) is 0 Å². The third kappa shape index (κ3) is 5.35. The van der Waals surface area contributed by atoms with Crippen molar-refractivity contribution >= 4 is 15.9 Å². The van der Waals surface area contributed by atoms with Gasteiger partial charge in [0, 0.05) is 11.4 Å². The molecular formula is C12H24BrN. The number of likely N-dealkylation sites (tertiary alicyclic amines) is 1. The lowest BCUT2D eigenvalue weighted by Gasteiger charge is -2.29. The Labute approximate surface area is 97.4 Å². The van der Waals surface area contributed by atoms with Gasteiger partial charge in [-0.1, -0.05) is 48.5 Å². The molecule has 0 amide bonds. The van der Waals surface area contributed by atoms with Crippen LogP contribution in [-0.2, 0) is 0 Å². The SMILES string of the molecule is CCCCCCCN1CCCC(Br)C1. The number of piperidine rings is 1.